The number of hydrogen-bond donors (Lipinski definition) is 1. The monoisotopic (exact) mass is 441 g/mol. The molecule has 1 N–H and O–H groups in total. The molecule has 3 aromatic rings. The third-order valence-corrected chi connectivity index (χ3v) is 5.47. The van der Waals surface area contributed by atoms with Gasteiger partial charge in [0.15, 0.2) is 11.0 Å². The van der Waals surface area contributed by atoms with Crippen molar-refractivity contribution in [3.63, 3.8) is 0 Å². The predicted octanol–water partition coefficient (Wildman–Crippen LogP) is 4.13. The molecule has 0 unspecified atom stereocenters. The molecule has 3 rings (SSSR count). The lowest BCUT2D eigenvalue weighted by molar-refractivity contribution is -0.383. The summed E-state index contributed by atoms with van der Waals surface area (Å²) in [6.45, 7) is 6.85. The summed E-state index contributed by atoms with van der Waals surface area (Å²) in [6, 6.07) is 12.0. The maximum absolute atomic E-state index is 12.3. The van der Waals surface area contributed by atoms with Gasteiger partial charge in [-0.15, -0.1) is 10.2 Å². The van der Waals surface area contributed by atoms with Crippen molar-refractivity contribution < 1.29 is 14.5 Å². The number of thioether (sulfide) groups is 1. The summed E-state index contributed by atoms with van der Waals surface area (Å²) in [5, 5.41) is 22.6. The molecule has 0 aliphatic carbocycles. The van der Waals surface area contributed by atoms with E-state index in [0.717, 1.165) is 11.3 Å². The average molecular weight is 442 g/mol. The molecule has 2 aromatic carbocycles. The lowest BCUT2D eigenvalue weighted by atomic mass is 10.1. The molecule has 9 nitrogen and oxygen atoms in total. The van der Waals surface area contributed by atoms with Crippen LogP contribution in [0.25, 0.3) is 0 Å². The van der Waals surface area contributed by atoms with Crippen LogP contribution in [-0.2, 0) is 17.9 Å². The fourth-order valence-corrected chi connectivity index (χ4v) is 3.83. The van der Waals surface area contributed by atoms with Crippen LogP contribution in [0.1, 0.15) is 23.9 Å². The van der Waals surface area contributed by atoms with Gasteiger partial charge in [0.25, 0.3) is 5.69 Å². The summed E-state index contributed by atoms with van der Waals surface area (Å²) in [5.41, 5.74) is 2.23. The van der Waals surface area contributed by atoms with Crippen LogP contribution in [0, 0.1) is 24.0 Å². The molecular weight excluding hydrogens is 418 g/mol. The molecule has 0 aliphatic heterocycles. The van der Waals surface area contributed by atoms with Crippen molar-refractivity contribution in [3.05, 3.63) is 69.5 Å². The number of ether oxygens (including phenoxy) is 1. The molecule has 1 heterocycles. The van der Waals surface area contributed by atoms with E-state index in [2.05, 4.69) is 21.6 Å². The van der Waals surface area contributed by atoms with Gasteiger partial charge in [0.1, 0.15) is 18.0 Å². The highest BCUT2D eigenvalue weighted by atomic mass is 32.2. The molecule has 0 radical (unpaired) electrons. The highest BCUT2D eigenvalue weighted by Crippen LogP contribution is 2.25. The minimum Gasteiger partial charge on any atom is -0.485 e. The van der Waals surface area contributed by atoms with E-state index < -0.39 is 4.92 Å². The van der Waals surface area contributed by atoms with Crippen molar-refractivity contribution in [1.82, 2.24) is 14.8 Å². The van der Waals surface area contributed by atoms with Crippen molar-refractivity contribution in [2.24, 2.45) is 0 Å². The minimum atomic E-state index is -0.529. The Hall–Kier alpha value is -3.40. The second-order valence-electron chi connectivity index (χ2n) is 6.81. The van der Waals surface area contributed by atoms with E-state index >= 15 is 0 Å². The standard InChI is InChI=1S/C21H23N5O4S/c1-4-25-19(12-30-18-10-9-14(2)11-15(18)3)23-24-21(25)31-13-20(27)22-16-7-5-6-8-17(16)26(28)29/h5-11H,4,12-13H2,1-3H3,(H,22,27). The van der Waals surface area contributed by atoms with Gasteiger partial charge in [0, 0.05) is 12.6 Å². The molecule has 0 saturated carbocycles. The SMILES string of the molecule is CCn1c(COc2ccc(C)cc2C)nnc1SCC(=O)Nc1ccccc1[N+](=O)[O-]. The molecule has 0 spiro atoms. The summed E-state index contributed by atoms with van der Waals surface area (Å²) < 4.78 is 7.78. The van der Waals surface area contributed by atoms with Crippen molar-refractivity contribution in [2.75, 3.05) is 11.1 Å². The smallest absolute Gasteiger partial charge is 0.292 e. The van der Waals surface area contributed by atoms with E-state index in [4.69, 9.17) is 4.74 Å². The van der Waals surface area contributed by atoms with Gasteiger partial charge in [-0.25, -0.2) is 0 Å². The first-order valence-electron chi connectivity index (χ1n) is 9.67. The number of rotatable bonds is 9. The van der Waals surface area contributed by atoms with Crippen LogP contribution >= 0.6 is 11.8 Å². The van der Waals surface area contributed by atoms with Crippen molar-refractivity contribution in [2.45, 2.75) is 39.1 Å². The van der Waals surface area contributed by atoms with E-state index in [1.54, 1.807) is 12.1 Å². The largest absolute Gasteiger partial charge is 0.485 e. The molecule has 162 valence electrons. The first-order chi connectivity index (χ1) is 14.9. The summed E-state index contributed by atoms with van der Waals surface area (Å²) >= 11 is 1.21. The number of nitrogens with zero attached hydrogens (tertiary/aromatic N) is 4. The Kier molecular flexibility index (Phi) is 7.24. The van der Waals surface area contributed by atoms with Crippen LogP contribution in [-0.4, -0.2) is 31.3 Å². The zero-order valence-corrected chi connectivity index (χ0v) is 18.3. The highest BCUT2D eigenvalue weighted by Gasteiger charge is 2.17. The average Bonchev–Trinajstić information content (AvgIpc) is 3.13. The number of nitrogens with one attached hydrogen (secondary N) is 1. The van der Waals surface area contributed by atoms with Crippen molar-refractivity contribution >= 4 is 29.0 Å². The van der Waals surface area contributed by atoms with E-state index in [-0.39, 0.29) is 29.6 Å². The van der Waals surface area contributed by atoms with Gasteiger partial charge in [-0.1, -0.05) is 41.6 Å². The van der Waals surface area contributed by atoms with Crippen LogP contribution in [0.15, 0.2) is 47.6 Å². The van der Waals surface area contributed by atoms with Crippen LogP contribution in [0.2, 0.25) is 0 Å². The normalized spacial score (nSPS) is 10.7. The number of para-hydroxylation sites is 2. The molecule has 0 aliphatic rings. The molecule has 31 heavy (non-hydrogen) atoms. The first-order valence-corrected chi connectivity index (χ1v) is 10.7. The topological polar surface area (TPSA) is 112 Å². The van der Waals surface area contributed by atoms with Gasteiger partial charge in [-0.3, -0.25) is 14.9 Å². The molecule has 10 heteroatoms. The molecule has 0 atom stereocenters. The Morgan fingerprint density at radius 3 is 2.71 bits per heavy atom. The highest BCUT2D eigenvalue weighted by molar-refractivity contribution is 7.99. The second kappa shape index (κ2) is 10.1. The van der Waals surface area contributed by atoms with Gasteiger partial charge < -0.3 is 14.6 Å². The minimum absolute atomic E-state index is 0.0438. The van der Waals surface area contributed by atoms with Gasteiger partial charge in [-0.2, -0.15) is 0 Å². The Morgan fingerprint density at radius 2 is 2.00 bits per heavy atom. The Bertz CT molecular complexity index is 1100. The second-order valence-corrected chi connectivity index (χ2v) is 7.75. The zero-order chi connectivity index (χ0) is 22.4. The van der Waals surface area contributed by atoms with E-state index in [9.17, 15) is 14.9 Å². The van der Waals surface area contributed by atoms with E-state index in [1.807, 2.05) is 37.5 Å². The number of nitro benzene ring substituents is 1. The van der Waals surface area contributed by atoms with Gasteiger partial charge in [0.2, 0.25) is 5.91 Å². The van der Waals surface area contributed by atoms with Crippen LogP contribution in [0.5, 0.6) is 5.75 Å². The number of aryl methyl sites for hydroxylation is 2. The fraction of sp³-hybridized carbons (Fsp3) is 0.286. The lowest BCUT2D eigenvalue weighted by Crippen LogP contribution is -2.15. The number of hydrogen-bond acceptors (Lipinski definition) is 7. The molecule has 1 amide bonds. The molecule has 0 bridgehead atoms. The van der Waals surface area contributed by atoms with Crippen LogP contribution < -0.4 is 10.1 Å². The summed E-state index contributed by atoms with van der Waals surface area (Å²) in [6.07, 6.45) is 0. The zero-order valence-electron chi connectivity index (χ0n) is 17.5. The maximum Gasteiger partial charge on any atom is 0.292 e. The van der Waals surface area contributed by atoms with Crippen LogP contribution in [0.4, 0.5) is 11.4 Å². The number of carbonyl (C=O) groups excluding carboxylic acids is 1. The number of aromatic nitrogens is 3. The Labute approximate surface area is 184 Å². The van der Waals surface area contributed by atoms with Crippen LogP contribution in [0.3, 0.4) is 0 Å². The van der Waals surface area contributed by atoms with Gasteiger partial charge in [0.05, 0.1) is 10.7 Å². The molecule has 0 fully saturated rings. The molecule has 0 saturated heterocycles. The summed E-state index contributed by atoms with van der Waals surface area (Å²) in [5.74, 6) is 1.12. The van der Waals surface area contributed by atoms with Crippen molar-refractivity contribution in [3.8, 4) is 5.75 Å². The first kappa shape index (κ1) is 22.3. The number of benzene rings is 2. The lowest BCUT2D eigenvalue weighted by Gasteiger charge is -2.11. The maximum atomic E-state index is 12.3. The quantitative estimate of drug-likeness (QED) is 0.302. The fourth-order valence-electron chi connectivity index (χ4n) is 3.01. The number of nitro groups is 1. The van der Waals surface area contributed by atoms with Gasteiger partial charge in [-0.05, 0) is 38.5 Å². The molecular formula is C21H23N5O4S. The predicted molar refractivity (Wildman–Crippen MR) is 118 cm³/mol. The Balaban J connectivity index is 1.62. The number of carbonyl (C=O) groups is 1. The number of anilines is 1. The third-order valence-electron chi connectivity index (χ3n) is 4.50. The third kappa shape index (κ3) is 5.60. The van der Waals surface area contributed by atoms with E-state index in [0.29, 0.717) is 17.5 Å². The van der Waals surface area contributed by atoms with E-state index in [1.165, 1.54) is 29.5 Å². The summed E-state index contributed by atoms with van der Waals surface area (Å²) in [7, 11) is 0. The molecule has 1 aromatic heterocycles. The van der Waals surface area contributed by atoms with Gasteiger partial charge >= 0.3 is 0 Å². The summed E-state index contributed by atoms with van der Waals surface area (Å²) in [4.78, 5) is 22.9. The van der Waals surface area contributed by atoms with Crippen molar-refractivity contribution in [1.29, 1.82) is 0 Å². The Morgan fingerprint density at radius 1 is 1.23 bits per heavy atom. The number of amides is 1.